The average molecular weight is 208 g/mol. The van der Waals surface area contributed by atoms with Crippen LogP contribution in [0.15, 0.2) is 30.3 Å². The number of benzene rings is 1. The highest BCUT2D eigenvalue weighted by atomic mass is 16.5. The number of aliphatic hydroxyl groups excluding tert-OH is 1. The van der Waals surface area contributed by atoms with E-state index in [1.165, 1.54) is 0 Å². The molecule has 0 saturated heterocycles. The van der Waals surface area contributed by atoms with Crippen molar-refractivity contribution in [2.45, 2.75) is 25.9 Å². The molecule has 1 unspecified atom stereocenters. The summed E-state index contributed by atoms with van der Waals surface area (Å²) < 4.78 is 4.76. The molecule has 15 heavy (non-hydrogen) atoms. The topological polar surface area (TPSA) is 46.5 Å². The molecule has 0 aliphatic rings. The molecule has 0 saturated carbocycles. The van der Waals surface area contributed by atoms with Gasteiger partial charge in [0.1, 0.15) is 0 Å². The fourth-order valence-corrected chi connectivity index (χ4v) is 1.37. The maximum absolute atomic E-state index is 11.3. The number of hydrogen-bond donors (Lipinski definition) is 1. The highest BCUT2D eigenvalue weighted by Gasteiger charge is 2.24. The van der Waals surface area contributed by atoms with Gasteiger partial charge in [0.05, 0.1) is 6.61 Å². The van der Waals surface area contributed by atoms with Gasteiger partial charge in [-0.25, -0.2) is 4.79 Å². The number of carbonyl (C=O) groups is 1. The van der Waals surface area contributed by atoms with Crippen molar-refractivity contribution in [2.24, 2.45) is 0 Å². The molecule has 2 atom stereocenters. The van der Waals surface area contributed by atoms with Gasteiger partial charge in [-0.2, -0.15) is 0 Å². The molecule has 1 N–H and O–H groups in total. The average Bonchev–Trinajstić information content (AvgIpc) is 2.28. The Bertz CT molecular complexity index is 308. The fraction of sp³-hybridized carbons (Fsp3) is 0.417. The summed E-state index contributed by atoms with van der Waals surface area (Å²) >= 11 is 0. The number of esters is 1. The molecule has 0 fully saturated rings. The molecule has 1 aromatic rings. The van der Waals surface area contributed by atoms with E-state index in [1.54, 1.807) is 13.8 Å². The molecule has 0 radical (unpaired) electrons. The predicted molar refractivity (Wildman–Crippen MR) is 57.5 cm³/mol. The fourth-order valence-electron chi connectivity index (χ4n) is 1.37. The Labute approximate surface area is 89.7 Å². The van der Waals surface area contributed by atoms with E-state index in [9.17, 15) is 9.90 Å². The second-order valence-corrected chi connectivity index (χ2v) is 3.40. The second-order valence-electron chi connectivity index (χ2n) is 3.40. The Kier molecular flexibility index (Phi) is 4.31. The Hall–Kier alpha value is -1.35. The molecule has 0 bridgehead atoms. The number of ether oxygens (including phenoxy) is 1. The van der Waals surface area contributed by atoms with Gasteiger partial charge >= 0.3 is 5.97 Å². The lowest BCUT2D eigenvalue weighted by molar-refractivity contribution is -0.154. The summed E-state index contributed by atoms with van der Waals surface area (Å²) in [5.74, 6) is -0.806. The zero-order valence-corrected chi connectivity index (χ0v) is 9.01. The van der Waals surface area contributed by atoms with Crippen molar-refractivity contribution in [1.82, 2.24) is 0 Å². The number of aliphatic hydroxyl groups is 1. The molecule has 82 valence electrons. The second kappa shape index (κ2) is 5.51. The van der Waals surface area contributed by atoms with Gasteiger partial charge in [0, 0.05) is 5.92 Å². The van der Waals surface area contributed by atoms with Crippen LogP contribution in [-0.4, -0.2) is 23.8 Å². The molecular formula is C12H16O3. The van der Waals surface area contributed by atoms with E-state index in [0.717, 1.165) is 5.56 Å². The van der Waals surface area contributed by atoms with Crippen molar-refractivity contribution in [2.75, 3.05) is 6.61 Å². The minimum atomic E-state index is -1.09. The van der Waals surface area contributed by atoms with Crippen molar-refractivity contribution < 1.29 is 14.6 Å². The van der Waals surface area contributed by atoms with Gasteiger partial charge in [0.2, 0.25) is 0 Å². The zero-order chi connectivity index (χ0) is 11.3. The molecule has 0 amide bonds. The van der Waals surface area contributed by atoms with Crippen LogP contribution in [-0.2, 0) is 9.53 Å². The summed E-state index contributed by atoms with van der Waals surface area (Å²) in [6.07, 6.45) is -1.09. The monoisotopic (exact) mass is 208 g/mol. The lowest BCUT2D eigenvalue weighted by Crippen LogP contribution is -2.28. The summed E-state index contributed by atoms with van der Waals surface area (Å²) in [5.41, 5.74) is 0.929. The Morgan fingerprint density at radius 2 is 2.00 bits per heavy atom. The van der Waals surface area contributed by atoms with Crippen molar-refractivity contribution in [1.29, 1.82) is 0 Å². The molecule has 3 heteroatoms. The number of rotatable bonds is 4. The van der Waals surface area contributed by atoms with Crippen molar-refractivity contribution in [3.8, 4) is 0 Å². The minimum Gasteiger partial charge on any atom is -0.464 e. The van der Waals surface area contributed by atoms with Crippen LogP contribution in [0.2, 0.25) is 0 Å². The maximum Gasteiger partial charge on any atom is 0.335 e. The SMILES string of the molecule is CCOC(=O)C(O)[C@H](C)c1ccccc1. The first-order valence-corrected chi connectivity index (χ1v) is 5.06. The van der Waals surface area contributed by atoms with Gasteiger partial charge in [-0.05, 0) is 12.5 Å². The van der Waals surface area contributed by atoms with Gasteiger partial charge in [0.25, 0.3) is 0 Å². The Morgan fingerprint density at radius 1 is 1.40 bits per heavy atom. The molecule has 1 rings (SSSR count). The molecule has 0 aliphatic heterocycles. The van der Waals surface area contributed by atoms with Crippen LogP contribution < -0.4 is 0 Å². The molecule has 0 spiro atoms. The Balaban J connectivity index is 2.68. The summed E-state index contributed by atoms with van der Waals surface area (Å²) in [5, 5.41) is 9.70. The number of carbonyl (C=O) groups excluding carboxylic acids is 1. The maximum atomic E-state index is 11.3. The van der Waals surface area contributed by atoms with E-state index in [4.69, 9.17) is 4.74 Å². The van der Waals surface area contributed by atoms with Crippen molar-refractivity contribution in [3.05, 3.63) is 35.9 Å². The normalized spacial score (nSPS) is 14.3. The first kappa shape index (κ1) is 11.7. The van der Waals surface area contributed by atoms with Gasteiger partial charge < -0.3 is 9.84 Å². The van der Waals surface area contributed by atoms with Crippen LogP contribution >= 0.6 is 0 Å². The molecular weight excluding hydrogens is 192 g/mol. The molecule has 1 aromatic carbocycles. The lowest BCUT2D eigenvalue weighted by Gasteiger charge is -2.17. The van der Waals surface area contributed by atoms with Gasteiger partial charge in [-0.3, -0.25) is 0 Å². The van der Waals surface area contributed by atoms with E-state index in [0.29, 0.717) is 0 Å². The highest BCUT2D eigenvalue weighted by Crippen LogP contribution is 2.19. The van der Waals surface area contributed by atoms with E-state index < -0.39 is 12.1 Å². The van der Waals surface area contributed by atoms with Crippen LogP contribution in [0.1, 0.15) is 25.3 Å². The van der Waals surface area contributed by atoms with Crippen molar-refractivity contribution >= 4 is 5.97 Å². The molecule has 3 nitrogen and oxygen atoms in total. The molecule has 0 aliphatic carbocycles. The number of hydrogen-bond acceptors (Lipinski definition) is 3. The van der Waals surface area contributed by atoms with E-state index >= 15 is 0 Å². The predicted octanol–water partition coefficient (Wildman–Crippen LogP) is 1.71. The van der Waals surface area contributed by atoms with Crippen LogP contribution in [0, 0.1) is 0 Å². The summed E-state index contributed by atoms with van der Waals surface area (Å²) in [6, 6.07) is 9.42. The van der Waals surface area contributed by atoms with Crippen molar-refractivity contribution in [3.63, 3.8) is 0 Å². The third-order valence-corrected chi connectivity index (χ3v) is 2.33. The van der Waals surface area contributed by atoms with Crippen LogP contribution in [0.3, 0.4) is 0 Å². The minimum absolute atomic E-state index is 0.245. The lowest BCUT2D eigenvalue weighted by atomic mass is 9.95. The quantitative estimate of drug-likeness (QED) is 0.766. The summed E-state index contributed by atoms with van der Waals surface area (Å²) in [6.45, 7) is 3.81. The smallest absolute Gasteiger partial charge is 0.335 e. The first-order chi connectivity index (χ1) is 7.16. The highest BCUT2D eigenvalue weighted by molar-refractivity contribution is 5.75. The van der Waals surface area contributed by atoms with Crippen LogP contribution in [0.4, 0.5) is 0 Å². The Morgan fingerprint density at radius 3 is 2.53 bits per heavy atom. The van der Waals surface area contributed by atoms with Gasteiger partial charge in [-0.1, -0.05) is 37.3 Å². The van der Waals surface area contributed by atoms with Crippen LogP contribution in [0.25, 0.3) is 0 Å². The van der Waals surface area contributed by atoms with Gasteiger partial charge in [-0.15, -0.1) is 0 Å². The zero-order valence-electron chi connectivity index (χ0n) is 9.01. The third-order valence-electron chi connectivity index (χ3n) is 2.33. The van der Waals surface area contributed by atoms with Gasteiger partial charge in [0.15, 0.2) is 6.10 Å². The summed E-state index contributed by atoms with van der Waals surface area (Å²) in [4.78, 5) is 11.3. The van der Waals surface area contributed by atoms with E-state index in [-0.39, 0.29) is 12.5 Å². The van der Waals surface area contributed by atoms with E-state index in [2.05, 4.69) is 0 Å². The molecule has 0 aromatic heterocycles. The molecule has 0 heterocycles. The summed E-state index contributed by atoms with van der Waals surface area (Å²) in [7, 11) is 0. The standard InChI is InChI=1S/C12H16O3/c1-3-15-12(14)11(13)9(2)10-7-5-4-6-8-10/h4-9,11,13H,3H2,1-2H3/t9-,11?/m1/s1. The first-order valence-electron chi connectivity index (χ1n) is 5.06. The van der Waals surface area contributed by atoms with Crippen LogP contribution in [0.5, 0.6) is 0 Å². The van der Waals surface area contributed by atoms with E-state index in [1.807, 2.05) is 30.3 Å². The third kappa shape index (κ3) is 3.06. The largest absolute Gasteiger partial charge is 0.464 e.